The summed E-state index contributed by atoms with van der Waals surface area (Å²) in [7, 11) is 0. The molecule has 3 N–H and O–H groups in total. The van der Waals surface area contributed by atoms with E-state index in [4.69, 9.17) is 5.11 Å². The van der Waals surface area contributed by atoms with Crippen LogP contribution in [0.4, 0.5) is 0 Å². The highest BCUT2D eigenvalue weighted by molar-refractivity contribution is 7.99. The summed E-state index contributed by atoms with van der Waals surface area (Å²) in [6, 6.07) is 0. The van der Waals surface area contributed by atoms with Gasteiger partial charge in [0.15, 0.2) is 11.0 Å². The summed E-state index contributed by atoms with van der Waals surface area (Å²) < 4.78 is 1.41. The van der Waals surface area contributed by atoms with Crippen molar-refractivity contribution < 1.29 is 19.8 Å². The highest BCUT2D eigenvalue weighted by Gasteiger charge is 2.19. The van der Waals surface area contributed by atoms with Crippen molar-refractivity contribution in [2.45, 2.75) is 44.6 Å². The first-order valence-electron chi connectivity index (χ1n) is 5.91. The van der Waals surface area contributed by atoms with Crippen LogP contribution in [0.15, 0.2) is 5.16 Å². The summed E-state index contributed by atoms with van der Waals surface area (Å²) in [5.41, 5.74) is -0.376. The molecule has 0 atom stereocenters. The van der Waals surface area contributed by atoms with Gasteiger partial charge in [-0.25, -0.2) is 0 Å². The van der Waals surface area contributed by atoms with E-state index < -0.39 is 5.97 Å². The standard InChI is InChI=1S/C11H18N4O4S/c1-11(2,3)12-8(17)4-15-7(5-16)13-14-10(15)20-6-9(18)19/h16H,4-6H2,1-3H3,(H,12,17)(H,18,19). The summed E-state index contributed by atoms with van der Waals surface area (Å²) >= 11 is 0.950. The maximum Gasteiger partial charge on any atom is 0.313 e. The van der Waals surface area contributed by atoms with Crippen LogP contribution in [0.3, 0.4) is 0 Å². The SMILES string of the molecule is CC(C)(C)NC(=O)Cn1c(CO)nnc1SCC(=O)O. The third-order valence-electron chi connectivity index (χ3n) is 2.08. The molecule has 112 valence electrons. The van der Waals surface area contributed by atoms with Crippen LogP contribution in [-0.2, 0) is 22.7 Å². The number of aliphatic carboxylic acids is 1. The Morgan fingerprint density at radius 3 is 2.50 bits per heavy atom. The number of rotatable bonds is 6. The predicted molar refractivity (Wildman–Crippen MR) is 72.2 cm³/mol. The number of carbonyl (C=O) groups is 2. The average molecular weight is 302 g/mol. The zero-order valence-corrected chi connectivity index (χ0v) is 12.4. The fourth-order valence-electron chi connectivity index (χ4n) is 1.43. The Kier molecular flexibility index (Phi) is 5.52. The first kappa shape index (κ1) is 16.4. The molecule has 0 radical (unpaired) electrons. The highest BCUT2D eigenvalue weighted by atomic mass is 32.2. The molecule has 1 rings (SSSR count). The molecule has 9 heteroatoms. The van der Waals surface area contributed by atoms with Gasteiger partial charge in [-0.3, -0.25) is 14.2 Å². The smallest absolute Gasteiger partial charge is 0.313 e. The number of nitrogens with one attached hydrogen (secondary N) is 1. The molecule has 1 aromatic heterocycles. The molecule has 0 aliphatic rings. The van der Waals surface area contributed by atoms with Gasteiger partial charge in [0.2, 0.25) is 5.91 Å². The zero-order valence-electron chi connectivity index (χ0n) is 11.6. The zero-order chi connectivity index (χ0) is 15.3. The molecule has 0 aliphatic carbocycles. The van der Waals surface area contributed by atoms with Crippen LogP contribution in [0.25, 0.3) is 0 Å². The first-order valence-corrected chi connectivity index (χ1v) is 6.90. The fourth-order valence-corrected chi connectivity index (χ4v) is 2.11. The van der Waals surface area contributed by atoms with E-state index in [2.05, 4.69) is 15.5 Å². The van der Waals surface area contributed by atoms with E-state index in [0.29, 0.717) is 5.16 Å². The quantitative estimate of drug-likeness (QED) is 0.626. The number of thioether (sulfide) groups is 1. The minimum absolute atomic E-state index is 0.0673. The van der Waals surface area contributed by atoms with Crippen molar-refractivity contribution in [3.63, 3.8) is 0 Å². The van der Waals surface area contributed by atoms with Crippen LogP contribution in [0.5, 0.6) is 0 Å². The van der Waals surface area contributed by atoms with E-state index in [1.54, 1.807) is 0 Å². The minimum atomic E-state index is -0.991. The van der Waals surface area contributed by atoms with Gasteiger partial charge in [0, 0.05) is 5.54 Å². The predicted octanol–water partition coefficient (Wildman–Crippen LogP) is -0.138. The molecule has 1 aromatic rings. The van der Waals surface area contributed by atoms with Crippen molar-refractivity contribution in [3.05, 3.63) is 5.82 Å². The number of hydrogen-bond acceptors (Lipinski definition) is 6. The lowest BCUT2D eigenvalue weighted by Gasteiger charge is -2.21. The third-order valence-corrected chi connectivity index (χ3v) is 3.03. The summed E-state index contributed by atoms with van der Waals surface area (Å²) in [6.45, 7) is 5.11. The molecule has 0 fully saturated rings. The van der Waals surface area contributed by atoms with Gasteiger partial charge in [0.05, 0.1) is 5.75 Å². The number of carbonyl (C=O) groups excluding carboxylic acids is 1. The molecular weight excluding hydrogens is 284 g/mol. The van der Waals surface area contributed by atoms with Crippen LogP contribution in [0, 0.1) is 0 Å². The van der Waals surface area contributed by atoms with Crippen LogP contribution >= 0.6 is 11.8 Å². The Labute approximate surface area is 120 Å². The fraction of sp³-hybridized carbons (Fsp3) is 0.636. The first-order chi connectivity index (χ1) is 9.23. The van der Waals surface area contributed by atoms with Crippen LogP contribution in [0.1, 0.15) is 26.6 Å². The molecule has 0 spiro atoms. The number of nitrogens with zero attached hydrogens (tertiary/aromatic N) is 3. The van der Waals surface area contributed by atoms with E-state index in [0.717, 1.165) is 11.8 Å². The molecule has 20 heavy (non-hydrogen) atoms. The number of carboxylic acid groups (broad SMARTS) is 1. The molecule has 0 unspecified atom stereocenters. The maximum absolute atomic E-state index is 11.9. The molecule has 0 aromatic carbocycles. The average Bonchev–Trinajstić information content (AvgIpc) is 2.66. The summed E-state index contributed by atoms with van der Waals surface area (Å²) in [5, 5.41) is 28.4. The van der Waals surface area contributed by atoms with Gasteiger partial charge in [-0.2, -0.15) is 0 Å². The summed E-state index contributed by atoms with van der Waals surface area (Å²) in [4.78, 5) is 22.5. The van der Waals surface area contributed by atoms with E-state index >= 15 is 0 Å². The lowest BCUT2D eigenvalue weighted by atomic mass is 10.1. The van der Waals surface area contributed by atoms with Gasteiger partial charge in [-0.05, 0) is 20.8 Å². The number of aliphatic hydroxyl groups excluding tert-OH is 1. The third kappa shape index (κ3) is 5.17. The van der Waals surface area contributed by atoms with Gasteiger partial charge >= 0.3 is 5.97 Å². The Bertz CT molecular complexity index is 495. The normalized spacial score (nSPS) is 11.4. The largest absolute Gasteiger partial charge is 0.481 e. The van der Waals surface area contributed by atoms with Gasteiger partial charge in [0.1, 0.15) is 13.2 Å². The van der Waals surface area contributed by atoms with Crippen molar-refractivity contribution in [3.8, 4) is 0 Å². The second-order valence-electron chi connectivity index (χ2n) is 5.12. The Balaban J connectivity index is 2.83. The van der Waals surface area contributed by atoms with Crippen molar-refractivity contribution in [1.82, 2.24) is 20.1 Å². The van der Waals surface area contributed by atoms with E-state index in [1.165, 1.54) is 4.57 Å². The van der Waals surface area contributed by atoms with Crippen molar-refractivity contribution >= 4 is 23.6 Å². The number of aromatic nitrogens is 3. The van der Waals surface area contributed by atoms with E-state index in [9.17, 15) is 14.7 Å². The van der Waals surface area contributed by atoms with Gasteiger partial charge < -0.3 is 15.5 Å². The molecule has 0 saturated carbocycles. The topological polar surface area (TPSA) is 117 Å². The Hall–Kier alpha value is -1.61. The number of amides is 1. The minimum Gasteiger partial charge on any atom is -0.481 e. The van der Waals surface area contributed by atoms with Crippen LogP contribution in [0.2, 0.25) is 0 Å². The van der Waals surface area contributed by atoms with Gasteiger partial charge in [0.25, 0.3) is 0 Å². The van der Waals surface area contributed by atoms with Gasteiger partial charge in [-0.1, -0.05) is 11.8 Å². The van der Waals surface area contributed by atoms with E-state index in [-0.39, 0.29) is 36.2 Å². The number of hydrogen-bond donors (Lipinski definition) is 3. The van der Waals surface area contributed by atoms with Crippen LogP contribution < -0.4 is 5.32 Å². The lowest BCUT2D eigenvalue weighted by Crippen LogP contribution is -2.42. The lowest BCUT2D eigenvalue weighted by molar-refractivity contribution is -0.134. The second-order valence-corrected chi connectivity index (χ2v) is 6.07. The van der Waals surface area contributed by atoms with E-state index in [1.807, 2.05) is 20.8 Å². The molecule has 1 amide bonds. The maximum atomic E-state index is 11.9. The summed E-state index contributed by atoms with van der Waals surface area (Å²) in [6.07, 6.45) is 0. The molecular formula is C11H18N4O4S. The number of carboxylic acids is 1. The molecule has 8 nitrogen and oxygen atoms in total. The van der Waals surface area contributed by atoms with Crippen molar-refractivity contribution in [2.75, 3.05) is 5.75 Å². The molecule has 0 bridgehead atoms. The number of aliphatic hydroxyl groups is 1. The monoisotopic (exact) mass is 302 g/mol. The second kappa shape index (κ2) is 6.71. The van der Waals surface area contributed by atoms with Gasteiger partial charge in [-0.15, -0.1) is 10.2 Å². The van der Waals surface area contributed by atoms with Crippen molar-refractivity contribution in [1.29, 1.82) is 0 Å². The highest BCUT2D eigenvalue weighted by Crippen LogP contribution is 2.17. The summed E-state index contributed by atoms with van der Waals surface area (Å²) in [5.74, 6) is -1.22. The molecule has 0 aliphatic heterocycles. The Morgan fingerprint density at radius 2 is 2.00 bits per heavy atom. The molecule has 0 saturated heterocycles. The molecule has 1 heterocycles. The van der Waals surface area contributed by atoms with Crippen molar-refractivity contribution in [2.24, 2.45) is 0 Å². The van der Waals surface area contributed by atoms with Crippen LogP contribution in [-0.4, -0.2) is 48.1 Å². The Morgan fingerprint density at radius 1 is 1.35 bits per heavy atom.